The number of aromatic nitrogens is 1. The van der Waals surface area contributed by atoms with Gasteiger partial charge in [-0.15, -0.1) is 11.8 Å². The lowest BCUT2D eigenvalue weighted by molar-refractivity contribution is 0.0594. The number of hydrogen-bond donors (Lipinski definition) is 1. The summed E-state index contributed by atoms with van der Waals surface area (Å²) in [5.74, 6) is -0.239. The van der Waals surface area contributed by atoms with Crippen LogP contribution in [-0.2, 0) is 11.3 Å². The van der Waals surface area contributed by atoms with E-state index in [1.165, 1.54) is 19.8 Å². The number of anilines is 1. The summed E-state index contributed by atoms with van der Waals surface area (Å²) in [4.78, 5) is 31.7. The van der Waals surface area contributed by atoms with E-state index in [1.807, 2.05) is 30.5 Å². The minimum absolute atomic E-state index is 0.106. The fourth-order valence-electron chi connectivity index (χ4n) is 3.36. The van der Waals surface area contributed by atoms with Crippen LogP contribution in [0.15, 0.2) is 39.8 Å². The van der Waals surface area contributed by atoms with E-state index in [4.69, 9.17) is 4.42 Å². The second kappa shape index (κ2) is 9.64. The Bertz CT molecular complexity index is 800. The average molecular weight is 404 g/mol. The smallest absolute Gasteiger partial charge is 0.360 e. The maximum Gasteiger partial charge on any atom is 0.360 e. The van der Waals surface area contributed by atoms with Crippen LogP contribution in [0.4, 0.5) is 10.5 Å². The van der Waals surface area contributed by atoms with Gasteiger partial charge in [-0.25, -0.2) is 14.6 Å². The Balaban J connectivity index is 1.74. The molecule has 150 valence electrons. The number of oxazole rings is 1. The molecule has 1 aliphatic carbocycles. The molecule has 1 aliphatic rings. The highest BCUT2D eigenvalue weighted by Gasteiger charge is 2.27. The third kappa shape index (κ3) is 5.07. The molecule has 0 unspecified atom stereocenters. The molecule has 2 amide bonds. The lowest BCUT2D eigenvalue weighted by Gasteiger charge is -2.33. The molecule has 0 spiro atoms. The monoisotopic (exact) mass is 403 g/mol. The SMILES string of the molecule is COC(=O)c1coc(CN(C(=O)Nc2ccc(SC)cc2)C2CCCCC2)n1. The summed E-state index contributed by atoms with van der Waals surface area (Å²) in [6.45, 7) is 0.205. The van der Waals surface area contributed by atoms with Crippen molar-refractivity contribution in [1.82, 2.24) is 9.88 Å². The molecule has 1 heterocycles. The van der Waals surface area contributed by atoms with Crippen molar-refractivity contribution in [3.8, 4) is 0 Å². The Morgan fingerprint density at radius 1 is 1.25 bits per heavy atom. The molecule has 7 nitrogen and oxygen atoms in total. The van der Waals surface area contributed by atoms with Crippen molar-refractivity contribution in [2.45, 2.75) is 49.6 Å². The fraction of sp³-hybridized carbons (Fsp3) is 0.450. The molecular formula is C20H25N3O4S. The van der Waals surface area contributed by atoms with Crippen LogP contribution in [0.5, 0.6) is 0 Å². The van der Waals surface area contributed by atoms with Crippen molar-refractivity contribution in [1.29, 1.82) is 0 Å². The van der Waals surface area contributed by atoms with Gasteiger partial charge in [-0.05, 0) is 43.4 Å². The molecule has 8 heteroatoms. The van der Waals surface area contributed by atoms with Gasteiger partial charge in [-0.3, -0.25) is 0 Å². The highest BCUT2D eigenvalue weighted by atomic mass is 32.2. The highest BCUT2D eigenvalue weighted by molar-refractivity contribution is 7.98. The largest absolute Gasteiger partial charge is 0.464 e. The molecule has 0 aliphatic heterocycles. The quantitative estimate of drug-likeness (QED) is 0.563. The van der Waals surface area contributed by atoms with E-state index < -0.39 is 5.97 Å². The summed E-state index contributed by atoms with van der Waals surface area (Å²) in [6.07, 6.45) is 8.54. The zero-order valence-corrected chi connectivity index (χ0v) is 17.0. The van der Waals surface area contributed by atoms with Gasteiger partial charge in [0.15, 0.2) is 5.69 Å². The van der Waals surface area contributed by atoms with Gasteiger partial charge in [0.25, 0.3) is 0 Å². The lowest BCUT2D eigenvalue weighted by atomic mass is 9.94. The second-order valence-corrected chi connectivity index (χ2v) is 7.58. The van der Waals surface area contributed by atoms with E-state index in [0.29, 0.717) is 5.89 Å². The maximum absolute atomic E-state index is 13.0. The van der Waals surface area contributed by atoms with E-state index >= 15 is 0 Å². The van der Waals surface area contributed by atoms with E-state index in [0.717, 1.165) is 36.3 Å². The number of carbonyl (C=O) groups is 2. The summed E-state index contributed by atoms with van der Waals surface area (Å²) in [5, 5.41) is 2.97. The standard InChI is InChI=1S/C20H25N3O4S/c1-26-19(24)17-13-27-18(22-17)12-23(15-6-4-3-5-7-15)20(25)21-14-8-10-16(28-2)11-9-14/h8-11,13,15H,3-7,12H2,1-2H3,(H,21,25). The first kappa shape index (κ1) is 20.3. The zero-order valence-electron chi connectivity index (χ0n) is 16.1. The minimum atomic E-state index is -0.558. The van der Waals surface area contributed by atoms with Crippen molar-refractivity contribution >= 4 is 29.4 Å². The highest BCUT2D eigenvalue weighted by Crippen LogP contribution is 2.25. The molecule has 3 rings (SSSR count). The van der Waals surface area contributed by atoms with Gasteiger partial charge in [0.1, 0.15) is 6.26 Å². The van der Waals surface area contributed by atoms with Gasteiger partial charge in [0.05, 0.1) is 13.7 Å². The van der Waals surface area contributed by atoms with Crippen LogP contribution in [-0.4, -0.2) is 41.3 Å². The molecule has 28 heavy (non-hydrogen) atoms. The van der Waals surface area contributed by atoms with Crippen LogP contribution >= 0.6 is 11.8 Å². The molecule has 1 aromatic heterocycles. The lowest BCUT2D eigenvalue weighted by Crippen LogP contribution is -2.43. The Kier molecular flexibility index (Phi) is 6.97. The Labute approximate surface area is 168 Å². The number of rotatable bonds is 6. The molecule has 1 saturated carbocycles. The van der Waals surface area contributed by atoms with Gasteiger partial charge in [0, 0.05) is 16.6 Å². The molecule has 0 atom stereocenters. The summed E-state index contributed by atoms with van der Waals surface area (Å²) >= 11 is 1.65. The zero-order chi connectivity index (χ0) is 19.9. The molecule has 0 bridgehead atoms. The average Bonchev–Trinajstić information content (AvgIpc) is 3.21. The van der Waals surface area contributed by atoms with Crippen molar-refractivity contribution in [3.05, 3.63) is 42.1 Å². The first-order chi connectivity index (χ1) is 13.6. The van der Waals surface area contributed by atoms with Crippen molar-refractivity contribution in [3.63, 3.8) is 0 Å². The number of esters is 1. The molecule has 1 aromatic carbocycles. The molecule has 1 N–H and O–H groups in total. The van der Waals surface area contributed by atoms with Crippen molar-refractivity contribution < 1.29 is 18.7 Å². The number of nitrogens with one attached hydrogen (secondary N) is 1. The first-order valence-corrected chi connectivity index (χ1v) is 10.6. The molecule has 0 saturated heterocycles. The number of urea groups is 1. The van der Waals surface area contributed by atoms with Crippen LogP contribution in [0.3, 0.4) is 0 Å². The Hall–Kier alpha value is -2.48. The second-order valence-electron chi connectivity index (χ2n) is 6.70. The predicted molar refractivity (Wildman–Crippen MR) is 108 cm³/mol. The third-order valence-corrected chi connectivity index (χ3v) is 5.61. The summed E-state index contributed by atoms with van der Waals surface area (Å²) < 4.78 is 10.1. The van der Waals surface area contributed by atoms with Crippen molar-refractivity contribution in [2.75, 3.05) is 18.7 Å². The Morgan fingerprint density at radius 3 is 2.61 bits per heavy atom. The summed E-state index contributed by atoms with van der Waals surface area (Å²) in [5.41, 5.74) is 0.848. The summed E-state index contributed by atoms with van der Waals surface area (Å²) in [6, 6.07) is 7.66. The van der Waals surface area contributed by atoms with E-state index in [9.17, 15) is 9.59 Å². The topological polar surface area (TPSA) is 84.7 Å². The molecular weight excluding hydrogens is 378 g/mol. The van der Waals surface area contributed by atoms with Crippen LogP contribution in [0, 0.1) is 0 Å². The van der Waals surface area contributed by atoms with Crippen LogP contribution in [0.2, 0.25) is 0 Å². The van der Waals surface area contributed by atoms with E-state index in [1.54, 1.807) is 16.7 Å². The number of ether oxygens (including phenoxy) is 1. The number of amides is 2. The number of hydrogen-bond acceptors (Lipinski definition) is 6. The molecule has 2 aromatic rings. The van der Waals surface area contributed by atoms with Gasteiger partial charge in [-0.2, -0.15) is 0 Å². The van der Waals surface area contributed by atoms with Crippen molar-refractivity contribution in [2.24, 2.45) is 0 Å². The molecule has 0 radical (unpaired) electrons. The molecule has 1 fully saturated rings. The first-order valence-electron chi connectivity index (χ1n) is 9.35. The number of methoxy groups -OCH3 is 1. The number of benzene rings is 1. The third-order valence-electron chi connectivity index (χ3n) is 4.87. The predicted octanol–water partition coefficient (Wildman–Crippen LogP) is 4.55. The number of thioether (sulfide) groups is 1. The fourth-order valence-corrected chi connectivity index (χ4v) is 3.76. The van der Waals surface area contributed by atoms with Gasteiger partial charge >= 0.3 is 12.0 Å². The van der Waals surface area contributed by atoms with Crippen LogP contribution in [0.25, 0.3) is 0 Å². The minimum Gasteiger partial charge on any atom is -0.464 e. The van der Waals surface area contributed by atoms with Gasteiger partial charge in [0.2, 0.25) is 5.89 Å². The number of nitrogens with zero attached hydrogens (tertiary/aromatic N) is 2. The number of carbonyl (C=O) groups excluding carboxylic acids is 2. The van der Waals surface area contributed by atoms with Crippen LogP contribution in [0.1, 0.15) is 48.5 Å². The van der Waals surface area contributed by atoms with Gasteiger partial charge < -0.3 is 19.4 Å². The van der Waals surface area contributed by atoms with Gasteiger partial charge in [-0.1, -0.05) is 19.3 Å². The maximum atomic E-state index is 13.0. The Morgan fingerprint density at radius 2 is 1.96 bits per heavy atom. The van der Waals surface area contributed by atoms with E-state index in [2.05, 4.69) is 15.0 Å². The normalized spacial score (nSPS) is 14.5. The van der Waals surface area contributed by atoms with Crippen LogP contribution < -0.4 is 5.32 Å². The van der Waals surface area contributed by atoms with E-state index in [-0.39, 0.29) is 24.3 Å². The summed E-state index contributed by atoms with van der Waals surface area (Å²) in [7, 11) is 1.29.